The van der Waals surface area contributed by atoms with Crippen molar-refractivity contribution in [3.05, 3.63) is 53.9 Å². The number of anilines is 1. The fourth-order valence-corrected chi connectivity index (χ4v) is 2.02. The fourth-order valence-electron chi connectivity index (χ4n) is 2.02. The number of nitrogens with zero attached hydrogens (tertiary/aromatic N) is 4. The van der Waals surface area contributed by atoms with Gasteiger partial charge in [0, 0.05) is 24.2 Å². The normalized spacial score (nSPS) is 10.8. The predicted molar refractivity (Wildman–Crippen MR) is 74.0 cm³/mol. The number of imidazole rings is 1. The van der Waals surface area contributed by atoms with Gasteiger partial charge >= 0.3 is 0 Å². The number of aromatic nitrogens is 4. The molecule has 5 nitrogen and oxygen atoms in total. The highest BCUT2D eigenvalue weighted by atomic mass is 15.0. The van der Waals surface area contributed by atoms with Crippen molar-refractivity contribution in [2.75, 3.05) is 5.32 Å². The summed E-state index contributed by atoms with van der Waals surface area (Å²) in [7, 11) is 0. The Morgan fingerprint density at radius 3 is 2.95 bits per heavy atom. The third-order valence-electron chi connectivity index (χ3n) is 2.98. The number of fused-ring (bicyclic) bond motifs is 1. The van der Waals surface area contributed by atoms with Crippen molar-refractivity contribution >= 4 is 11.5 Å². The van der Waals surface area contributed by atoms with Crippen molar-refractivity contribution in [2.45, 2.75) is 20.4 Å². The Morgan fingerprint density at radius 1 is 1.26 bits per heavy atom. The molecule has 0 atom stereocenters. The summed E-state index contributed by atoms with van der Waals surface area (Å²) in [5.74, 6) is 0.821. The predicted octanol–water partition coefficient (Wildman–Crippen LogP) is 2.35. The van der Waals surface area contributed by atoms with Crippen LogP contribution in [-0.4, -0.2) is 19.4 Å². The minimum atomic E-state index is 0.650. The molecule has 0 aliphatic carbocycles. The van der Waals surface area contributed by atoms with Crippen LogP contribution >= 0.6 is 0 Å². The first kappa shape index (κ1) is 11.6. The van der Waals surface area contributed by atoms with Gasteiger partial charge in [0.05, 0.1) is 12.2 Å². The largest absolute Gasteiger partial charge is 0.364 e. The van der Waals surface area contributed by atoms with Crippen molar-refractivity contribution < 1.29 is 0 Å². The van der Waals surface area contributed by atoms with E-state index in [1.807, 2.05) is 35.9 Å². The Hall–Kier alpha value is -2.43. The number of hydrogen-bond acceptors (Lipinski definition) is 4. The molecule has 0 aliphatic rings. The summed E-state index contributed by atoms with van der Waals surface area (Å²) in [6.45, 7) is 4.66. The first-order chi connectivity index (χ1) is 9.22. The van der Waals surface area contributed by atoms with Gasteiger partial charge < -0.3 is 9.72 Å². The standard InChI is InChI=1S/C14H15N5/c1-10-4-3-5-19-8-12(18-14(10)19)7-15-13-6-11(2)16-9-17-13/h3-6,8-9H,7H2,1-2H3,(H,15,16,17). The molecule has 0 aromatic carbocycles. The molecule has 3 heterocycles. The van der Waals surface area contributed by atoms with Crippen molar-refractivity contribution in [1.82, 2.24) is 19.4 Å². The van der Waals surface area contributed by atoms with Gasteiger partial charge in [0.1, 0.15) is 17.8 Å². The lowest BCUT2D eigenvalue weighted by molar-refractivity contribution is 1.03. The third kappa shape index (κ3) is 2.40. The summed E-state index contributed by atoms with van der Waals surface area (Å²) in [5.41, 5.74) is 4.11. The molecule has 5 heteroatoms. The molecule has 3 aromatic rings. The zero-order chi connectivity index (χ0) is 13.2. The van der Waals surface area contributed by atoms with Gasteiger partial charge in [-0.3, -0.25) is 0 Å². The zero-order valence-electron chi connectivity index (χ0n) is 11.0. The topological polar surface area (TPSA) is 55.1 Å². The Balaban J connectivity index is 1.80. The van der Waals surface area contributed by atoms with E-state index >= 15 is 0 Å². The Morgan fingerprint density at radius 2 is 2.16 bits per heavy atom. The maximum Gasteiger partial charge on any atom is 0.140 e. The van der Waals surface area contributed by atoms with Crippen molar-refractivity contribution in [3.8, 4) is 0 Å². The summed E-state index contributed by atoms with van der Waals surface area (Å²) < 4.78 is 2.04. The van der Waals surface area contributed by atoms with Crippen LogP contribution in [0, 0.1) is 13.8 Å². The summed E-state index contributed by atoms with van der Waals surface area (Å²) in [5, 5.41) is 3.26. The van der Waals surface area contributed by atoms with Gasteiger partial charge in [-0.2, -0.15) is 0 Å². The molecule has 0 saturated carbocycles. The van der Waals surface area contributed by atoms with E-state index < -0.39 is 0 Å². The number of rotatable bonds is 3. The molecule has 0 bridgehead atoms. The van der Waals surface area contributed by atoms with Gasteiger partial charge in [0.2, 0.25) is 0 Å². The lowest BCUT2D eigenvalue weighted by atomic mass is 10.3. The third-order valence-corrected chi connectivity index (χ3v) is 2.98. The number of nitrogens with one attached hydrogen (secondary N) is 1. The SMILES string of the molecule is Cc1cc(NCc2cn3cccc(C)c3n2)ncn1. The van der Waals surface area contributed by atoms with Crippen LogP contribution < -0.4 is 5.32 Å². The Labute approximate surface area is 111 Å². The minimum Gasteiger partial charge on any atom is -0.364 e. The van der Waals surface area contributed by atoms with E-state index in [-0.39, 0.29) is 0 Å². The van der Waals surface area contributed by atoms with Gasteiger partial charge in [-0.1, -0.05) is 6.07 Å². The van der Waals surface area contributed by atoms with Crippen LogP contribution in [-0.2, 0) is 6.54 Å². The maximum absolute atomic E-state index is 4.61. The highest BCUT2D eigenvalue weighted by Crippen LogP contribution is 2.11. The zero-order valence-corrected chi connectivity index (χ0v) is 11.0. The second-order valence-corrected chi connectivity index (χ2v) is 4.55. The van der Waals surface area contributed by atoms with E-state index in [4.69, 9.17) is 0 Å². The van der Waals surface area contributed by atoms with Crippen molar-refractivity contribution in [1.29, 1.82) is 0 Å². The van der Waals surface area contributed by atoms with Crippen LogP contribution in [0.2, 0.25) is 0 Å². The van der Waals surface area contributed by atoms with Gasteiger partial charge in [-0.25, -0.2) is 15.0 Å². The molecule has 3 aromatic heterocycles. The van der Waals surface area contributed by atoms with Crippen LogP contribution in [0.4, 0.5) is 5.82 Å². The van der Waals surface area contributed by atoms with Gasteiger partial charge in [-0.15, -0.1) is 0 Å². The van der Waals surface area contributed by atoms with Crippen LogP contribution in [0.3, 0.4) is 0 Å². The smallest absolute Gasteiger partial charge is 0.140 e. The average Bonchev–Trinajstić information content (AvgIpc) is 2.81. The number of pyridine rings is 1. The summed E-state index contributed by atoms with van der Waals surface area (Å²) in [4.78, 5) is 12.8. The first-order valence-corrected chi connectivity index (χ1v) is 6.18. The Bertz CT molecular complexity index is 717. The molecule has 1 N–H and O–H groups in total. The lowest BCUT2D eigenvalue weighted by Crippen LogP contribution is -2.02. The van der Waals surface area contributed by atoms with Crippen LogP contribution in [0.15, 0.2) is 36.9 Å². The second-order valence-electron chi connectivity index (χ2n) is 4.55. The lowest BCUT2D eigenvalue weighted by Gasteiger charge is -2.02. The summed E-state index contributed by atoms with van der Waals surface area (Å²) in [6.07, 6.45) is 5.60. The number of hydrogen-bond donors (Lipinski definition) is 1. The average molecular weight is 253 g/mol. The van der Waals surface area contributed by atoms with E-state index in [9.17, 15) is 0 Å². The molecule has 0 unspecified atom stereocenters. The van der Waals surface area contributed by atoms with Crippen LogP contribution in [0.5, 0.6) is 0 Å². The van der Waals surface area contributed by atoms with Crippen molar-refractivity contribution in [3.63, 3.8) is 0 Å². The van der Waals surface area contributed by atoms with E-state index in [1.165, 1.54) is 5.56 Å². The van der Waals surface area contributed by atoms with Gasteiger partial charge in [0.15, 0.2) is 0 Å². The molecule has 3 rings (SSSR count). The van der Waals surface area contributed by atoms with Gasteiger partial charge in [-0.05, 0) is 25.5 Å². The van der Waals surface area contributed by atoms with E-state index in [0.717, 1.165) is 22.9 Å². The van der Waals surface area contributed by atoms with E-state index in [0.29, 0.717) is 6.54 Å². The molecule has 0 aliphatic heterocycles. The van der Waals surface area contributed by atoms with E-state index in [1.54, 1.807) is 6.33 Å². The highest BCUT2D eigenvalue weighted by Gasteiger charge is 2.03. The molecule has 0 fully saturated rings. The minimum absolute atomic E-state index is 0.650. The fraction of sp³-hybridized carbons (Fsp3) is 0.214. The Kier molecular flexibility index (Phi) is 2.87. The van der Waals surface area contributed by atoms with Crippen LogP contribution in [0.25, 0.3) is 5.65 Å². The quantitative estimate of drug-likeness (QED) is 0.778. The molecule has 0 saturated heterocycles. The molecule has 0 spiro atoms. The first-order valence-electron chi connectivity index (χ1n) is 6.18. The second kappa shape index (κ2) is 4.68. The monoisotopic (exact) mass is 253 g/mol. The van der Waals surface area contributed by atoms with E-state index in [2.05, 4.69) is 33.3 Å². The molecule has 19 heavy (non-hydrogen) atoms. The van der Waals surface area contributed by atoms with Crippen LogP contribution in [0.1, 0.15) is 17.0 Å². The highest BCUT2D eigenvalue weighted by molar-refractivity contribution is 5.48. The molecule has 96 valence electrons. The van der Waals surface area contributed by atoms with Crippen molar-refractivity contribution in [2.24, 2.45) is 0 Å². The molecular weight excluding hydrogens is 238 g/mol. The summed E-state index contributed by atoms with van der Waals surface area (Å²) >= 11 is 0. The molecule has 0 amide bonds. The molecule has 0 radical (unpaired) electrons. The molecular formula is C14H15N5. The van der Waals surface area contributed by atoms with Gasteiger partial charge in [0.25, 0.3) is 0 Å². The summed E-state index contributed by atoms with van der Waals surface area (Å²) in [6, 6.07) is 6.00. The maximum atomic E-state index is 4.61. The number of aryl methyl sites for hydroxylation is 2.